The van der Waals surface area contributed by atoms with Gasteiger partial charge in [-0.15, -0.1) is 0 Å². The van der Waals surface area contributed by atoms with Crippen LogP contribution in [0.5, 0.6) is 0 Å². The van der Waals surface area contributed by atoms with Crippen LogP contribution < -0.4 is 5.32 Å². The molecule has 0 saturated carbocycles. The Labute approximate surface area is 307 Å². The fourth-order valence-corrected chi connectivity index (χ4v) is 6.73. The zero-order chi connectivity index (χ0) is 37.9. The lowest BCUT2D eigenvalue weighted by Gasteiger charge is -2.41. The van der Waals surface area contributed by atoms with E-state index in [1.54, 1.807) is 6.08 Å². The minimum absolute atomic E-state index is 0.247. The Morgan fingerprint density at radius 2 is 1.27 bits per heavy atom. The average molecular weight is 754 g/mol. The average Bonchev–Trinajstić information content (AvgIpc) is 3.09. The van der Waals surface area contributed by atoms with Gasteiger partial charge in [0.05, 0.1) is 25.4 Å². The van der Waals surface area contributed by atoms with Gasteiger partial charge in [-0.3, -0.25) is 9.35 Å². The van der Waals surface area contributed by atoms with Crippen LogP contribution in [0.25, 0.3) is 0 Å². The van der Waals surface area contributed by atoms with Crippen molar-refractivity contribution < 1.29 is 57.0 Å². The highest BCUT2D eigenvalue weighted by molar-refractivity contribution is 7.80. The van der Waals surface area contributed by atoms with Crippen LogP contribution in [0.15, 0.2) is 12.2 Å². The topological polar surface area (TPSA) is 212 Å². The first-order valence-electron chi connectivity index (χ1n) is 19.7. The Balaban J connectivity index is 2.60. The summed E-state index contributed by atoms with van der Waals surface area (Å²) in [6.07, 6.45) is 16.3. The SMILES string of the molecule is CCCCCCC/C=C/C(O)C(COC1OC(CO)C(O)C(OS(=O)(=O)O)C1O)NC(=O)C(O)CCCCCCCCCCCCCCCCC. The number of unbranched alkanes of at least 4 members (excludes halogenated alkanes) is 19. The third-order valence-electron chi connectivity index (χ3n) is 9.43. The maximum absolute atomic E-state index is 13.0. The molecule has 7 N–H and O–H groups in total. The third-order valence-corrected chi connectivity index (χ3v) is 9.89. The highest BCUT2D eigenvalue weighted by atomic mass is 32.3. The maximum atomic E-state index is 13.0. The van der Waals surface area contributed by atoms with Crippen LogP contribution in [0.3, 0.4) is 0 Å². The van der Waals surface area contributed by atoms with Crippen LogP contribution in [0.2, 0.25) is 0 Å². The molecule has 8 unspecified atom stereocenters. The van der Waals surface area contributed by atoms with E-state index in [0.29, 0.717) is 12.8 Å². The lowest BCUT2D eigenvalue weighted by molar-refractivity contribution is -0.298. The molecule has 1 rings (SSSR count). The number of ether oxygens (including phenoxy) is 2. The van der Waals surface area contributed by atoms with Gasteiger partial charge in [0, 0.05) is 0 Å². The van der Waals surface area contributed by atoms with Gasteiger partial charge >= 0.3 is 10.4 Å². The standard InChI is InChI=1S/C37H71NO12S/c1-3-5-7-9-11-12-13-14-15-16-17-18-20-22-24-26-31(41)36(44)38-29(30(40)25-23-21-19-10-8-6-4-2)28-48-37-34(43)35(50-51(45,46)47)33(42)32(27-39)49-37/h23,25,29-35,37,39-43H,3-22,24,26-28H2,1-2H3,(H,38,44)(H,45,46,47)/b25-23+. The molecule has 302 valence electrons. The van der Waals surface area contributed by atoms with Gasteiger partial charge in [-0.25, -0.2) is 4.18 Å². The number of carbonyl (C=O) groups is 1. The van der Waals surface area contributed by atoms with Gasteiger partial charge in [-0.05, 0) is 19.3 Å². The Kier molecular flexibility index (Phi) is 27.4. The second kappa shape index (κ2) is 29.2. The van der Waals surface area contributed by atoms with Crippen molar-refractivity contribution in [3.05, 3.63) is 12.2 Å². The van der Waals surface area contributed by atoms with Crippen LogP contribution in [0.4, 0.5) is 0 Å². The molecule has 8 atom stereocenters. The van der Waals surface area contributed by atoms with Crippen LogP contribution in [0, 0.1) is 0 Å². The molecule has 1 aliphatic rings. The van der Waals surface area contributed by atoms with Crippen molar-refractivity contribution in [2.75, 3.05) is 13.2 Å². The fraction of sp³-hybridized carbons (Fsp3) is 0.919. The molecule has 0 aromatic carbocycles. The van der Waals surface area contributed by atoms with Crippen LogP contribution >= 0.6 is 0 Å². The van der Waals surface area contributed by atoms with Gasteiger partial charge in [-0.1, -0.05) is 148 Å². The Morgan fingerprint density at radius 3 is 1.76 bits per heavy atom. The number of rotatable bonds is 32. The summed E-state index contributed by atoms with van der Waals surface area (Å²) in [5.41, 5.74) is 0. The summed E-state index contributed by atoms with van der Waals surface area (Å²) in [7, 11) is -5.11. The number of aliphatic hydroxyl groups excluding tert-OH is 5. The maximum Gasteiger partial charge on any atom is 0.397 e. The van der Waals surface area contributed by atoms with E-state index >= 15 is 0 Å². The molecule has 0 aliphatic carbocycles. The van der Waals surface area contributed by atoms with Crippen LogP contribution in [-0.4, -0.2) is 107 Å². The molecule has 1 aliphatic heterocycles. The Bertz CT molecular complexity index is 1000. The van der Waals surface area contributed by atoms with E-state index in [2.05, 4.69) is 23.3 Å². The first kappa shape index (κ1) is 47.8. The molecule has 0 bridgehead atoms. The normalized spacial score (nSPS) is 23.0. The predicted molar refractivity (Wildman–Crippen MR) is 196 cm³/mol. The van der Waals surface area contributed by atoms with Crippen LogP contribution in [0.1, 0.15) is 155 Å². The van der Waals surface area contributed by atoms with E-state index in [1.165, 1.54) is 76.7 Å². The molecule has 0 aromatic rings. The molecule has 13 nitrogen and oxygen atoms in total. The quantitative estimate of drug-likeness (QED) is 0.0274. The van der Waals surface area contributed by atoms with Gasteiger partial charge in [0.1, 0.15) is 30.5 Å². The summed E-state index contributed by atoms with van der Waals surface area (Å²) in [5, 5.41) is 54.7. The zero-order valence-corrected chi connectivity index (χ0v) is 32.1. The predicted octanol–water partition coefficient (Wildman–Crippen LogP) is 5.01. The summed E-state index contributed by atoms with van der Waals surface area (Å²) >= 11 is 0. The van der Waals surface area contributed by atoms with Gasteiger partial charge in [0.15, 0.2) is 6.29 Å². The molecule has 14 heteroatoms. The number of amides is 1. The molecule has 0 aromatic heterocycles. The molecule has 51 heavy (non-hydrogen) atoms. The van der Waals surface area contributed by atoms with Gasteiger partial charge in [0.25, 0.3) is 0 Å². The van der Waals surface area contributed by atoms with E-state index in [-0.39, 0.29) is 6.42 Å². The van der Waals surface area contributed by atoms with Crippen molar-refractivity contribution in [3.63, 3.8) is 0 Å². The zero-order valence-electron chi connectivity index (χ0n) is 31.3. The van der Waals surface area contributed by atoms with Gasteiger partial charge < -0.3 is 40.3 Å². The first-order chi connectivity index (χ1) is 24.4. The summed E-state index contributed by atoms with van der Waals surface area (Å²) < 4.78 is 47.1. The number of allylic oxidation sites excluding steroid dienone is 1. The highest BCUT2D eigenvalue weighted by Crippen LogP contribution is 2.26. The van der Waals surface area contributed by atoms with E-state index in [9.17, 15) is 38.7 Å². The van der Waals surface area contributed by atoms with E-state index in [0.717, 1.165) is 51.4 Å². The Morgan fingerprint density at radius 1 is 0.784 bits per heavy atom. The molecule has 0 radical (unpaired) electrons. The largest absolute Gasteiger partial charge is 0.397 e. The van der Waals surface area contributed by atoms with Crippen molar-refractivity contribution in [3.8, 4) is 0 Å². The van der Waals surface area contributed by atoms with E-state index in [1.807, 2.05) is 0 Å². The lowest BCUT2D eigenvalue weighted by Crippen LogP contribution is -2.61. The molecule has 1 saturated heterocycles. The van der Waals surface area contributed by atoms with Crippen molar-refractivity contribution in [1.82, 2.24) is 5.32 Å². The van der Waals surface area contributed by atoms with Gasteiger partial charge in [-0.2, -0.15) is 8.42 Å². The van der Waals surface area contributed by atoms with Crippen molar-refractivity contribution in [2.45, 2.75) is 204 Å². The number of hydrogen-bond donors (Lipinski definition) is 7. The molecule has 1 fully saturated rings. The van der Waals surface area contributed by atoms with Crippen molar-refractivity contribution >= 4 is 16.3 Å². The summed E-state index contributed by atoms with van der Waals surface area (Å²) in [5.74, 6) is -0.706. The molecule has 0 spiro atoms. The summed E-state index contributed by atoms with van der Waals surface area (Å²) in [6, 6.07) is -1.11. The van der Waals surface area contributed by atoms with E-state index < -0.39 is 78.5 Å². The highest BCUT2D eigenvalue weighted by Gasteiger charge is 2.48. The Hall–Kier alpha value is -1.20. The minimum atomic E-state index is -5.11. The number of carbonyl (C=O) groups excluding carboxylic acids is 1. The first-order valence-corrected chi connectivity index (χ1v) is 21.0. The number of hydrogen-bond acceptors (Lipinski definition) is 11. The van der Waals surface area contributed by atoms with E-state index in [4.69, 9.17) is 14.0 Å². The molecule has 1 amide bonds. The molecule has 1 heterocycles. The summed E-state index contributed by atoms with van der Waals surface area (Å²) in [6.45, 7) is 3.11. The summed E-state index contributed by atoms with van der Waals surface area (Å²) in [4.78, 5) is 13.0. The second-order valence-corrected chi connectivity index (χ2v) is 15.1. The van der Waals surface area contributed by atoms with Crippen molar-refractivity contribution in [2.24, 2.45) is 0 Å². The van der Waals surface area contributed by atoms with Crippen LogP contribution in [-0.2, 0) is 28.9 Å². The minimum Gasteiger partial charge on any atom is -0.394 e. The fourth-order valence-electron chi connectivity index (χ4n) is 6.22. The van der Waals surface area contributed by atoms with Gasteiger partial charge in [0.2, 0.25) is 5.91 Å². The lowest BCUT2D eigenvalue weighted by atomic mass is 9.99. The van der Waals surface area contributed by atoms with Crippen molar-refractivity contribution in [1.29, 1.82) is 0 Å². The third kappa shape index (κ3) is 22.6. The molecular formula is C37H71NO12S. The second-order valence-electron chi connectivity index (χ2n) is 14.0. The smallest absolute Gasteiger partial charge is 0.394 e. The monoisotopic (exact) mass is 753 g/mol. The number of nitrogens with one attached hydrogen (secondary N) is 1. The molecular weight excluding hydrogens is 682 g/mol. The number of aliphatic hydroxyl groups is 5.